The number of aromatic nitrogens is 5. The molecule has 0 spiro atoms. The van der Waals surface area contributed by atoms with E-state index in [4.69, 9.17) is 4.42 Å². The minimum absolute atomic E-state index is 0.0295. The number of nitrogens with one attached hydrogen (secondary N) is 1. The van der Waals surface area contributed by atoms with E-state index < -0.39 is 17.6 Å². The lowest BCUT2D eigenvalue weighted by molar-refractivity contribution is -0.137. The van der Waals surface area contributed by atoms with E-state index in [0.29, 0.717) is 28.7 Å². The van der Waals surface area contributed by atoms with Crippen molar-refractivity contribution in [1.29, 1.82) is 0 Å². The van der Waals surface area contributed by atoms with Gasteiger partial charge in [-0.25, -0.2) is 9.97 Å². The molecular weight excluding hydrogens is 449 g/mol. The van der Waals surface area contributed by atoms with E-state index in [0.717, 1.165) is 12.1 Å². The monoisotopic (exact) mass is 466 g/mol. The molecule has 172 valence electrons. The molecule has 11 heteroatoms. The fourth-order valence-electron chi connectivity index (χ4n) is 3.65. The fourth-order valence-corrected chi connectivity index (χ4v) is 3.65. The first-order valence-corrected chi connectivity index (χ1v) is 10.1. The van der Waals surface area contributed by atoms with Crippen LogP contribution in [0.25, 0.3) is 28.3 Å². The van der Waals surface area contributed by atoms with Crippen LogP contribution < -0.4 is 5.32 Å². The number of hydrogen-bond donors (Lipinski definition) is 1. The first kappa shape index (κ1) is 21.4. The average molecular weight is 466 g/mol. The van der Waals surface area contributed by atoms with Crippen LogP contribution >= 0.6 is 0 Å². The van der Waals surface area contributed by atoms with Crippen LogP contribution in [0.2, 0.25) is 0 Å². The lowest BCUT2D eigenvalue weighted by Gasteiger charge is -2.13. The van der Waals surface area contributed by atoms with Crippen LogP contribution in [0.5, 0.6) is 0 Å². The molecule has 5 rings (SSSR count). The van der Waals surface area contributed by atoms with Crippen molar-refractivity contribution in [3.63, 3.8) is 0 Å². The number of carbonyl (C=O) groups excluding carboxylic acids is 1. The van der Waals surface area contributed by atoms with Gasteiger partial charge in [-0.3, -0.25) is 13.9 Å². The third kappa shape index (κ3) is 3.81. The van der Waals surface area contributed by atoms with Crippen molar-refractivity contribution in [2.45, 2.75) is 13.1 Å². The van der Waals surface area contributed by atoms with Crippen LogP contribution in [0, 0.1) is 6.92 Å². The molecule has 0 unspecified atom stereocenters. The minimum atomic E-state index is -4.61. The first-order chi connectivity index (χ1) is 16.2. The van der Waals surface area contributed by atoms with E-state index >= 15 is 0 Å². The van der Waals surface area contributed by atoms with Gasteiger partial charge in [-0.15, -0.1) is 0 Å². The number of pyridine rings is 1. The third-order valence-electron chi connectivity index (χ3n) is 5.20. The molecule has 1 N–H and O–H groups in total. The Morgan fingerprint density at radius 1 is 1.06 bits per heavy atom. The van der Waals surface area contributed by atoms with Crippen LogP contribution in [0.1, 0.15) is 21.8 Å². The molecular formula is C23H17F3N6O2. The molecule has 4 aromatic heterocycles. The molecule has 34 heavy (non-hydrogen) atoms. The Kier molecular flexibility index (Phi) is 4.96. The van der Waals surface area contributed by atoms with Crippen LogP contribution in [-0.4, -0.2) is 30.1 Å². The van der Waals surface area contributed by atoms with Crippen LogP contribution in [-0.2, 0) is 13.2 Å². The number of rotatable bonds is 4. The highest BCUT2D eigenvalue weighted by Crippen LogP contribution is 2.37. The van der Waals surface area contributed by atoms with E-state index in [1.807, 2.05) is 0 Å². The minimum Gasteiger partial charge on any atom is -0.449 e. The Labute approximate surface area is 190 Å². The summed E-state index contributed by atoms with van der Waals surface area (Å²) in [5.74, 6) is 0.123. The number of nitrogens with zero attached hydrogens (tertiary/aromatic N) is 5. The van der Waals surface area contributed by atoms with Crippen LogP contribution in [0.3, 0.4) is 0 Å². The summed E-state index contributed by atoms with van der Waals surface area (Å²) in [7, 11) is 1.60. The van der Waals surface area contributed by atoms with Gasteiger partial charge in [-0.2, -0.15) is 18.3 Å². The van der Waals surface area contributed by atoms with Gasteiger partial charge < -0.3 is 9.73 Å². The highest BCUT2D eigenvalue weighted by molar-refractivity contribution is 6.06. The molecule has 1 aromatic carbocycles. The molecule has 4 heterocycles. The molecule has 1 amide bonds. The standard InChI is InChI=1S/C23H17F3N6O2/c1-13-27-18(12-34-13)20-21(32-9-4-3-5-19(32)28-20)29-22(33)14-6-7-16(23(24,25)26)15(11-14)17-8-10-31(2)30-17/h3-12H,1-2H3,(H,29,33). The molecule has 0 atom stereocenters. The van der Waals surface area contributed by atoms with Gasteiger partial charge in [0, 0.05) is 37.5 Å². The normalized spacial score (nSPS) is 11.8. The van der Waals surface area contributed by atoms with Crippen molar-refractivity contribution in [2.75, 3.05) is 5.32 Å². The van der Waals surface area contributed by atoms with Crippen LogP contribution in [0.4, 0.5) is 19.0 Å². The summed E-state index contributed by atoms with van der Waals surface area (Å²) in [6.45, 7) is 1.68. The highest BCUT2D eigenvalue weighted by Gasteiger charge is 2.34. The van der Waals surface area contributed by atoms with Crippen molar-refractivity contribution >= 4 is 17.4 Å². The zero-order chi connectivity index (χ0) is 24.0. The Morgan fingerprint density at radius 2 is 1.88 bits per heavy atom. The first-order valence-electron chi connectivity index (χ1n) is 10.1. The van der Waals surface area contributed by atoms with E-state index in [9.17, 15) is 18.0 Å². The van der Waals surface area contributed by atoms with Crippen molar-refractivity contribution in [3.05, 3.63) is 78.1 Å². The number of carbonyl (C=O) groups is 1. The molecule has 0 saturated heterocycles. The van der Waals surface area contributed by atoms with Gasteiger partial charge in [0.25, 0.3) is 5.91 Å². The number of oxazole rings is 1. The fraction of sp³-hybridized carbons (Fsp3) is 0.130. The van der Waals surface area contributed by atoms with Crippen LogP contribution in [0.15, 0.2) is 65.5 Å². The van der Waals surface area contributed by atoms with Gasteiger partial charge >= 0.3 is 6.18 Å². The number of imidazole rings is 1. The van der Waals surface area contributed by atoms with Gasteiger partial charge in [0.2, 0.25) is 0 Å². The maximum atomic E-state index is 13.6. The summed E-state index contributed by atoms with van der Waals surface area (Å²) in [4.78, 5) is 22.0. The summed E-state index contributed by atoms with van der Waals surface area (Å²) in [5, 5.41) is 6.85. The van der Waals surface area contributed by atoms with Crippen molar-refractivity contribution in [3.8, 4) is 22.6 Å². The molecule has 0 aliphatic carbocycles. The number of hydrogen-bond acceptors (Lipinski definition) is 5. The quantitative estimate of drug-likeness (QED) is 0.404. The number of aryl methyl sites for hydroxylation is 2. The molecule has 0 fully saturated rings. The van der Waals surface area contributed by atoms with Gasteiger partial charge in [0.05, 0.1) is 11.3 Å². The molecule has 0 aliphatic heterocycles. The van der Waals surface area contributed by atoms with Gasteiger partial charge in [-0.1, -0.05) is 6.07 Å². The Balaban J connectivity index is 1.58. The summed E-state index contributed by atoms with van der Waals surface area (Å²) < 4.78 is 49.2. The van der Waals surface area contributed by atoms with Gasteiger partial charge in [0.15, 0.2) is 5.89 Å². The number of amides is 1. The maximum absolute atomic E-state index is 13.6. The summed E-state index contributed by atoms with van der Waals surface area (Å²) >= 11 is 0. The summed E-state index contributed by atoms with van der Waals surface area (Å²) in [5.41, 5.74) is 0.406. The van der Waals surface area contributed by atoms with Gasteiger partial charge in [0.1, 0.15) is 29.1 Å². The largest absolute Gasteiger partial charge is 0.449 e. The molecule has 0 bridgehead atoms. The number of anilines is 1. The predicted molar refractivity (Wildman–Crippen MR) is 117 cm³/mol. The number of fused-ring (bicyclic) bond motifs is 1. The smallest absolute Gasteiger partial charge is 0.417 e. The molecule has 0 saturated carbocycles. The van der Waals surface area contributed by atoms with Crippen molar-refractivity contribution < 1.29 is 22.4 Å². The molecule has 5 aromatic rings. The predicted octanol–water partition coefficient (Wildman–Crippen LogP) is 4.97. The summed E-state index contributed by atoms with van der Waals surface area (Å²) in [6.07, 6.45) is 0.0544. The van der Waals surface area contributed by atoms with Crippen molar-refractivity contribution in [2.24, 2.45) is 7.05 Å². The second kappa shape index (κ2) is 7.87. The zero-order valence-electron chi connectivity index (χ0n) is 18.0. The maximum Gasteiger partial charge on any atom is 0.417 e. The van der Waals surface area contributed by atoms with E-state index in [2.05, 4.69) is 20.4 Å². The zero-order valence-corrected chi connectivity index (χ0v) is 18.0. The molecule has 0 aliphatic rings. The second-order valence-electron chi connectivity index (χ2n) is 7.58. The SMILES string of the molecule is Cc1nc(-c2nc3ccccn3c2NC(=O)c2ccc(C(F)(F)F)c(-c3ccn(C)n3)c2)co1. The average Bonchev–Trinajstić information content (AvgIpc) is 3.51. The lowest BCUT2D eigenvalue weighted by atomic mass is 10.0. The van der Waals surface area contributed by atoms with Gasteiger partial charge in [-0.05, 0) is 36.4 Å². The highest BCUT2D eigenvalue weighted by atomic mass is 19.4. The number of halogens is 3. The Bertz CT molecular complexity index is 1530. The number of benzene rings is 1. The summed E-state index contributed by atoms with van der Waals surface area (Å²) in [6, 6.07) is 9.97. The third-order valence-corrected chi connectivity index (χ3v) is 5.20. The Hall–Kier alpha value is -4.41. The topological polar surface area (TPSA) is 90.2 Å². The van der Waals surface area contributed by atoms with E-state index in [-0.39, 0.29) is 16.8 Å². The van der Waals surface area contributed by atoms with E-state index in [1.165, 1.54) is 29.3 Å². The second-order valence-corrected chi connectivity index (χ2v) is 7.58. The molecule has 0 radical (unpaired) electrons. The van der Waals surface area contributed by atoms with Crippen molar-refractivity contribution in [1.82, 2.24) is 24.1 Å². The van der Waals surface area contributed by atoms with E-state index in [1.54, 1.807) is 42.8 Å². The number of alkyl halides is 3. The molecule has 8 nitrogen and oxygen atoms in total. The lowest BCUT2D eigenvalue weighted by Crippen LogP contribution is -2.15. The Morgan fingerprint density at radius 3 is 2.56 bits per heavy atom.